The predicted octanol–water partition coefficient (Wildman–Crippen LogP) is 2.46. The number of hydrogen-bond acceptors (Lipinski definition) is 4. The van der Waals surface area contributed by atoms with E-state index in [0.717, 1.165) is 5.39 Å². The van der Waals surface area contributed by atoms with Crippen LogP contribution in [0, 0.1) is 0 Å². The van der Waals surface area contributed by atoms with Gasteiger partial charge in [-0.25, -0.2) is 9.97 Å². The summed E-state index contributed by atoms with van der Waals surface area (Å²) in [5, 5.41) is 3.61. The summed E-state index contributed by atoms with van der Waals surface area (Å²) in [4.78, 5) is 20.4. The van der Waals surface area contributed by atoms with Crippen LogP contribution in [-0.2, 0) is 0 Å². The zero-order chi connectivity index (χ0) is 13.9. The second-order valence-corrected chi connectivity index (χ2v) is 4.30. The Morgan fingerprint density at radius 3 is 2.50 bits per heavy atom. The van der Waals surface area contributed by atoms with Crippen LogP contribution in [0.1, 0.15) is 10.4 Å². The van der Waals surface area contributed by atoms with Crippen LogP contribution in [0.25, 0.3) is 11.0 Å². The van der Waals surface area contributed by atoms with Crippen LogP contribution in [-0.4, -0.2) is 15.9 Å². The predicted molar refractivity (Wildman–Crippen MR) is 78.3 cm³/mol. The Hall–Kier alpha value is -2.95. The van der Waals surface area contributed by atoms with Crippen molar-refractivity contribution in [2.75, 3.05) is 11.1 Å². The zero-order valence-electron chi connectivity index (χ0n) is 10.6. The maximum atomic E-state index is 12.0. The number of nitrogens with two attached hydrogens (primary N) is 1. The normalized spacial score (nSPS) is 10.4. The molecule has 3 rings (SSSR count). The van der Waals surface area contributed by atoms with Crippen LogP contribution >= 0.6 is 0 Å². The van der Waals surface area contributed by atoms with Crippen molar-refractivity contribution < 1.29 is 4.79 Å². The van der Waals surface area contributed by atoms with Gasteiger partial charge in [0.15, 0.2) is 5.65 Å². The van der Waals surface area contributed by atoms with E-state index in [2.05, 4.69) is 15.3 Å². The largest absolute Gasteiger partial charge is 0.384 e. The van der Waals surface area contributed by atoms with Gasteiger partial charge in [-0.3, -0.25) is 4.79 Å². The van der Waals surface area contributed by atoms with Crippen molar-refractivity contribution in [1.29, 1.82) is 0 Å². The number of anilines is 2. The highest BCUT2D eigenvalue weighted by Crippen LogP contribution is 2.15. The number of hydrogen-bond donors (Lipinski definition) is 2. The van der Waals surface area contributed by atoms with Crippen LogP contribution in [0.5, 0.6) is 0 Å². The van der Waals surface area contributed by atoms with Gasteiger partial charge in [-0.2, -0.15) is 0 Å². The van der Waals surface area contributed by atoms with Crippen LogP contribution in [0.3, 0.4) is 0 Å². The molecular weight excluding hydrogens is 252 g/mol. The molecular formula is C15H12N4O. The number of nitrogen functional groups attached to an aromatic ring is 1. The van der Waals surface area contributed by atoms with E-state index in [0.29, 0.717) is 22.8 Å². The molecule has 2 aromatic heterocycles. The molecule has 0 fully saturated rings. The van der Waals surface area contributed by atoms with Crippen LogP contribution in [0.4, 0.5) is 11.6 Å². The van der Waals surface area contributed by atoms with E-state index in [1.165, 1.54) is 0 Å². The number of pyridine rings is 2. The van der Waals surface area contributed by atoms with Crippen LogP contribution < -0.4 is 11.1 Å². The van der Waals surface area contributed by atoms with Gasteiger partial charge in [0.1, 0.15) is 11.6 Å². The molecule has 5 heteroatoms. The van der Waals surface area contributed by atoms with Gasteiger partial charge in [0.2, 0.25) is 0 Å². The minimum Gasteiger partial charge on any atom is -0.384 e. The molecule has 1 aromatic carbocycles. The summed E-state index contributed by atoms with van der Waals surface area (Å²) in [5.74, 6) is 0.641. The first kappa shape index (κ1) is 12.1. The van der Waals surface area contributed by atoms with Crippen molar-refractivity contribution in [2.45, 2.75) is 0 Å². The van der Waals surface area contributed by atoms with E-state index in [1.54, 1.807) is 24.3 Å². The Morgan fingerprint density at radius 2 is 1.70 bits per heavy atom. The average molecular weight is 264 g/mol. The Kier molecular flexibility index (Phi) is 3.01. The quantitative estimate of drug-likeness (QED) is 0.745. The summed E-state index contributed by atoms with van der Waals surface area (Å²) in [5.41, 5.74) is 6.72. The molecule has 2 heterocycles. The topological polar surface area (TPSA) is 80.9 Å². The highest BCUT2D eigenvalue weighted by molar-refractivity contribution is 6.04. The highest BCUT2D eigenvalue weighted by atomic mass is 16.1. The first-order valence-electron chi connectivity index (χ1n) is 6.12. The minimum atomic E-state index is -0.207. The summed E-state index contributed by atoms with van der Waals surface area (Å²) < 4.78 is 0. The molecule has 0 unspecified atom stereocenters. The van der Waals surface area contributed by atoms with E-state index in [1.807, 2.05) is 30.3 Å². The fourth-order valence-corrected chi connectivity index (χ4v) is 1.86. The second kappa shape index (κ2) is 4.97. The Morgan fingerprint density at radius 1 is 0.950 bits per heavy atom. The Labute approximate surface area is 115 Å². The summed E-state index contributed by atoms with van der Waals surface area (Å²) in [6, 6.07) is 16.1. The number of nitrogens with zero attached hydrogens (tertiary/aromatic N) is 2. The monoisotopic (exact) mass is 264 g/mol. The molecule has 20 heavy (non-hydrogen) atoms. The third-order valence-corrected chi connectivity index (χ3v) is 2.85. The molecule has 0 aliphatic rings. The number of nitrogens with one attached hydrogen (secondary N) is 1. The van der Waals surface area contributed by atoms with E-state index in [9.17, 15) is 4.79 Å². The number of carbonyl (C=O) groups excluding carboxylic acids is 1. The first-order valence-corrected chi connectivity index (χ1v) is 6.12. The molecule has 3 N–H and O–H groups in total. The standard InChI is InChI=1S/C15H12N4O/c16-12-8-6-10-7-9-13(18-14(10)17-12)19-15(20)11-4-2-1-3-5-11/h1-9H,(H3,16,17,18,19,20). The van der Waals surface area contributed by atoms with Gasteiger partial charge >= 0.3 is 0 Å². The molecule has 0 spiro atoms. The Bertz CT molecular complexity index is 771. The average Bonchev–Trinajstić information content (AvgIpc) is 2.47. The molecule has 98 valence electrons. The van der Waals surface area contributed by atoms with Gasteiger partial charge in [-0.05, 0) is 36.4 Å². The SMILES string of the molecule is Nc1ccc2ccc(NC(=O)c3ccccc3)nc2n1. The summed E-state index contributed by atoms with van der Waals surface area (Å²) in [7, 11) is 0. The molecule has 0 aliphatic carbocycles. The van der Waals surface area contributed by atoms with E-state index >= 15 is 0 Å². The molecule has 1 amide bonds. The molecule has 0 radical (unpaired) electrons. The zero-order valence-corrected chi connectivity index (χ0v) is 10.6. The lowest BCUT2D eigenvalue weighted by Gasteiger charge is -2.05. The number of benzene rings is 1. The molecule has 0 saturated heterocycles. The van der Waals surface area contributed by atoms with Crippen molar-refractivity contribution in [2.24, 2.45) is 0 Å². The number of fused-ring (bicyclic) bond motifs is 1. The van der Waals surface area contributed by atoms with Crippen molar-refractivity contribution in [3.8, 4) is 0 Å². The van der Waals surface area contributed by atoms with Gasteiger partial charge in [-0.1, -0.05) is 18.2 Å². The molecule has 5 nitrogen and oxygen atoms in total. The number of amides is 1. The first-order chi connectivity index (χ1) is 9.72. The molecule has 0 aliphatic heterocycles. The molecule has 0 atom stereocenters. The second-order valence-electron chi connectivity index (χ2n) is 4.30. The van der Waals surface area contributed by atoms with Crippen molar-refractivity contribution in [3.63, 3.8) is 0 Å². The third-order valence-electron chi connectivity index (χ3n) is 2.85. The lowest BCUT2D eigenvalue weighted by Crippen LogP contribution is -2.12. The lowest BCUT2D eigenvalue weighted by atomic mass is 10.2. The van der Waals surface area contributed by atoms with Crippen molar-refractivity contribution >= 4 is 28.6 Å². The maximum Gasteiger partial charge on any atom is 0.256 e. The number of carbonyl (C=O) groups is 1. The third kappa shape index (κ3) is 2.42. The van der Waals surface area contributed by atoms with Gasteiger partial charge in [-0.15, -0.1) is 0 Å². The van der Waals surface area contributed by atoms with Gasteiger partial charge < -0.3 is 11.1 Å². The van der Waals surface area contributed by atoms with E-state index in [-0.39, 0.29) is 5.91 Å². The summed E-state index contributed by atoms with van der Waals surface area (Å²) in [6.45, 7) is 0. The van der Waals surface area contributed by atoms with Gasteiger partial charge in [0.05, 0.1) is 0 Å². The van der Waals surface area contributed by atoms with E-state index < -0.39 is 0 Å². The van der Waals surface area contributed by atoms with Gasteiger partial charge in [0.25, 0.3) is 5.91 Å². The maximum absolute atomic E-state index is 12.0. The smallest absolute Gasteiger partial charge is 0.256 e. The highest BCUT2D eigenvalue weighted by Gasteiger charge is 2.07. The summed E-state index contributed by atoms with van der Waals surface area (Å²) >= 11 is 0. The van der Waals surface area contributed by atoms with E-state index in [4.69, 9.17) is 5.73 Å². The van der Waals surface area contributed by atoms with Crippen LogP contribution in [0.2, 0.25) is 0 Å². The fraction of sp³-hybridized carbons (Fsp3) is 0. The number of aromatic nitrogens is 2. The molecule has 0 saturated carbocycles. The molecule has 3 aromatic rings. The Balaban J connectivity index is 1.89. The van der Waals surface area contributed by atoms with Crippen LogP contribution in [0.15, 0.2) is 54.6 Å². The lowest BCUT2D eigenvalue weighted by molar-refractivity contribution is 0.102. The van der Waals surface area contributed by atoms with Gasteiger partial charge in [0, 0.05) is 10.9 Å². The minimum absolute atomic E-state index is 0.207. The number of rotatable bonds is 2. The fourth-order valence-electron chi connectivity index (χ4n) is 1.86. The van der Waals surface area contributed by atoms with Crippen molar-refractivity contribution in [3.05, 3.63) is 60.2 Å². The van der Waals surface area contributed by atoms with Crippen molar-refractivity contribution in [1.82, 2.24) is 9.97 Å². The molecule has 0 bridgehead atoms. The summed E-state index contributed by atoms with van der Waals surface area (Å²) in [6.07, 6.45) is 0.